The van der Waals surface area contributed by atoms with E-state index in [1.807, 2.05) is 12.1 Å². The third kappa shape index (κ3) is 4.50. The molecule has 2 aliphatic heterocycles. The van der Waals surface area contributed by atoms with Gasteiger partial charge >= 0.3 is 0 Å². The number of carbonyl (C=O) groups is 1. The highest BCUT2D eigenvalue weighted by Gasteiger charge is 2.26. The quantitative estimate of drug-likeness (QED) is 0.875. The van der Waals surface area contributed by atoms with Gasteiger partial charge in [-0.3, -0.25) is 4.79 Å². The van der Waals surface area contributed by atoms with Crippen molar-refractivity contribution in [1.82, 2.24) is 20.1 Å². The molecule has 0 bridgehead atoms. The second-order valence-corrected chi connectivity index (χ2v) is 7.17. The number of carbonyl (C=O) groups excluding carboxylic acids is 1. The molecule has 138 valence electrons. The zero-order valence-electron chi connectivity index (χ0n) is 15.6. The number of amides is 1. The maximum absolute atomic E-state index is 13.2. The van der Waals surface area contributed by atoms with Crippen LogP contribution < -0.4 is 10.2 Å². The summed E-state index contributed by atoms with van der Waals surface area (Å²) in [4.78, 5) is 24.4. The van der Waals surface area contributed by atoms with E-state index >= 15 is 0 Å². The summed E-state index contributed by atoms with van der Waals surface area (Å²) in [5, 5.41) is 3.39. The van der Waals surface area contributed by atoms with Crippen LogP contribution in [0.15, 0.2) is 18.3 Å². The van der Waals surface area contributed by atoms with Crippen LogP contribution in [0.4, 0.5) is 5.82 Å². The van der Waals surface area contributed by atoms with E-state index in [1.165, 1.54) is 0 Å². The van der Waals surface area contributed by atoms with Crippen LogP contribution in [0.1, 0.15) is 36.5 Å². The number of anilines is 1. The number of hydrogen-bond donors (Lipinski definition) is 1. The Kier molecular flexibility index (Phi) is 6.26. The van der Waals surface area contributed by atoms with Gasteiger partial charge in [0.1, 0.15) is 5.82 Å². The number of likely N-dealkylation sites (N-methyl/N-ethyl adjacent to an activating group) is 1. The third-order valence-corrected chi connectivity index (χ3v) is 5.29. The van der Waals surface area contributed by atoms with Gasteiger partial charge in [-0.15, -0.1) is 0 Å². The van der Waals surface area contributed by atoms with E-state index in [0.29, 0.717) is 6.04 Å². The first-order chi connectivity index (χ1) is 12.2. The Bertz CT molecular complexity index is 565. The molecule has 1 N–H and O–H groups in total. The molecule has 6 nitrogen and oxygen atoms in total. The van der Waals surface area contributed by atoms with Crippen molar-refractivity contribution < 1.29 is 4.79 Å². The normalized spacial score (nSPS) is 19.8. The minimum atomic E-state index is 0.159. The lowest BCUT2D eigenvalue weighted by molar-refractivity contribution is 0.0642. The molecule has 0 aliphatic carbocycles. The number of rotatable bonds is 5. The van der Waals surface area contributed by atoms with E-state index in [9.17, 15) is 4.79 Å². The molecule has 6 heteroatoms. The summed E-state index contributed by atoms with van der Waals surface area (Å²) in [6.45, 7) is 8.98. The van der Waals surface area contributed by atoms with E-state index in [-0.39, 0.29) is 5.91 Å². The summed E-state index contributed by atoms with van der Waals surface area (Å²) in [6, 6.07) is 4.21. The molecular weight excluding hydrogens is 314 g/mol. The summed E-state index contributed by atoms with van der Waals surface area (Å²) < 4.78 is 0. The molecule has 0 aromatic carbocycles. The van der Waals surface area contributed by atoms with Crippen LogP contribution in [0.5, 0.6) is 0 Å². The molecule has 2 fully saturated rings. The van der Waals surface area contributed by atoms with Gasteiger partial charge in [0.2, 0.25) is 0 Å². The molecule has 1 aromatic heterocycles. The van der Waals surface area contributed by atoms with Gasteiger partial charge in [0.25, 0.3) is 5.91 Å². The summed E-state index contributed by atoms with van der Waals surface area (Å²) in [6.07, 6.45) is 4.86. The topological polar surface area (TPSA) is 51.7 Å². The van der Waals surface area contributed by atoms with Crippen molar-refractivity contribution in [2.45, 2.75) is 32.2 Å². The van der Waals surface area contributed by atoms with Gasteiger partial charge in [-0.2, -0.15) is 0 Å². The molecule has 0 atom stereocenters. The van der Waals surface area contributed by atoms with Crippen LogP contribution in [0.3, 0.4) is 0 Å². The van der Waals surface area contributed by atoms with Crippen molar-refractivity contribution in [3.8, 4) is 0 Å². The fourth-order valence-electron chi connectivity index (χ4n) is 3.73. The van der Waals surface area contributed by atoms with Gasteiger partial charge in [0.15, 0.2) is 0 Å². The average Bonchev–Trinajstić information content (AvgIpc) is 2.67. The highest BCUT2D eigenvalue weighted by atomic mass is 16.2. The smallest absolute Gasteiger partial charge is 0.254 e. The number of nitrogens with zero attached hydrogens (tertiary/aromatic N) is 4. The van der Waals surface area contributed by atoms with Crippen LogP contribution in [-0.4, -0.2) is 79.6 Å². The van der Waals surface area contributed by atoms with Gasteiger partial charge in [-0.05, 0) is 51.5 Å². The zero-order valence-corrected chi connectivity index (χ0v) is 15.6. The van der Waals surface area contributed by atoms with Gasteiger partial charge in [0, 0.05) is 50.5 Å². The van der Waals surface area contributed by atoms with Gasteiger partial charge in [-0.1, -0.05) is 6.92 Å². The predicted octanol–water partition coefficient (Wildman–Crippen LogP) is 1.44. The van der Waals surface area contributed by atoms with Crippen molar-refractivity contribution in [1.29, 1.82) is 0 Å². The zero-order chi connectivity index (χ0) is 17.6. The fourth-order valence-corrected chi connectivity index (χ4v) is 3.73. The first-order valence-corrected chi connectivity index (χ1v) is 9.60. The fraction of sp³-hybridized carbons (Fsp3) is 0.684. The Hall–Kier alpha value is -1.66. The van der Waals surface area contributed by atoms with Crippen molar-refractivity contribution in [2.24, 2.45) is 0 Å². The molecule has 0 unspecified atom stereocenters. The lowest BCUT2D eigenvalue weighted by Gasteiger charge is -2.35. The van der Waals surface area contributed by atoms with Crippen molar-refractivity contribution >= 4 is 11.7 Å². The van der Waals surface area contributed by atoms with Crippen LogP contribution in [0, 0.1) is 0 Å². The van der Waals surface area contributed by atoms with Crippen molar-refractivity contribution in [2.75, 3.05) is 57.8 Å². The summed E-state index contributed by atoms with van der Waals surface area (Å²) >= 11 is 0. The molecule has 0 saturated carbocycles. The van der Waals surface area contributed by atoms with Gasteiger partial charge in [-0.25, -0.2) is 4.98 Å². The summed E-state index contributed by atoms with van der Waals surface area (Å²) in [7, 11) is 2.15. The van der Waals surface area contributed by atoms with E-state index in [2.05, 4.69) is 39.0 Å². The molecule has 0 radical (unpaired) electrons. The number of aromatic nitrogens is 1. The van der Waals surface area contributed by atoms with E-state index < -0.39 is 0 Å². The number of piperazine rings is 1. The molecule has 2 aliphatic rings. The van der Waals surface area contributed by atoms with Gasteiger partial charge < -0.3 is 20.0 Å². The van der Waals surface area contributed by atoms with Crippen LogP contribution in [0.25, 0.3) is 0 Å². The average molecular weight is 345 g/mol. The van der Waals surface area contributed by atoms with Crippen molar-refractivity contribution in [3.05, 3.63) is 23.9 Å². The Morgan fingerprint density at radius 2 is 2.00 bits per heavy atom. The highest BCUT2D eigenvalue weighted by Crippen LogP contribution is 2.19. The van der Waals surface area contributed by atoms with Crippen LogP contribution in [0.2, 0.25) is 0 Å². The van der Waals surface area contributed by atoms with Gasteiger partial charge in [0.05, 0.1) is 0 Å². The summed E-state index contributed by atoms with van der Waals surface area (Å²) in [5.41, 5.74) is 0.774. The molecule has 3 heterocycles. The van der Waals surface area contributed by atoms with E-state index in [4.69, 9.17) is 0 Å². The van der Waals surface area contributed by atoms with Crippen molar-refractivity contribution in [3.63, 3.8) is 0 Å². The lowest BCUT2D eigenvalue weighted by atomic mass is 10.0. The largest absolute Gasteiger partial charge is 0.354 e. The second kappa shape index (κ2) is 8.63. The lowest BCUT2D eigenvalue weighted by Crippen LogP contribution is -2.46. The SMILES string of the molecule is CCCN(C(=O)c1ccnc(N2CCN(C)CC2)c1)C1CCNCC1. The predicted molar refractivity (Wildman–Crippen MR) is 101 cm³/mol. The number of hydrogen-bond acceptors (Lipinski definition) is 5. The molecule has 1 aromatic rings. The molecule has 3 rings (SSSR count). The molecule has 0 spiro atoms. The monoisotopic (exact) mass is 345 g/mol. The Balaban J connectivity index is 1.74. The Labute approximate surface area is 151 Å². The minimum absolute atomic E-state index is 0.159. The third-order valence-electron chi connectivity index (χ3n) is 5.29. The summed E-state index contributed by atoms with van der Waals surface area (Å²) in [5.74, 6) is 1.09. The minimum Gasteiger partial charge on any atom is -0.354 e. The Morgan fingerprint density at radius 3 is 2.68 bits per heavy atom. The van der Waals surface area contributed by atoms with Crippen LogP contribution in [-0.2, 0) is 0 Å². The molecular formula is C19H31N5O. The number of piperidine rings is 1. The first-order valence-electron chi connectivity index (χ1n) is 9.60. The van der Waals surface area contributed by atoms with Crippen LogP contribution >= 0.6 is 0 Å². The Morgan fingerprint density at radius 1 is 1.28 bits per heavy atom. The highest BCUT2D eigenvalue weighted by molar-refractivity contribution is 5.95. The maximum Gasteiger partial charge on any atom is 0.254 e. The van der Waals surface area contributed by atoms with E-state index in [1.54, 1.807) is 6.20 Å². The first kappa shape index (κ1) is 18.1. The maximum atomic E-state index is 13.2. The molecule has 25 heavy (non-hydrogen) atoms. The second-order valence-electron chi connectivity index (χ2n) is 7.17. The molecule has 2 saturated heterocycles. The molecule has 1 amide bonds. The number of nitrogens with one attached hydrogen (secondary N) is 1. The van der Waals surface area contributed by atoms with E-state index in [0.717, 1.165) is 76.5 Å². The number of pyridine rings is 1. The standard InChI is InChI=1S/C19H31N5O/c1-3-10-24(17-5-7-20-8-6-17)19(25)16-4-9-21-18(15-16)23-13-11-22(2)12-14-23/h4,9,15,17,20H,3,5-8,10-14H2,1-2H3.